The average Bonchev–Trinajstić information content (AvgIpc) is 2.62. The fourth-order valence-electron chi connectivity index (χ4n) is 2.26. The fraction of sp³-hybridized carbons (Fsp3) is 0.600. The van der Waals surface area contributed by atoms with Gasteiger partial charge in [0, 0.05) is 5.92 Å². The number of anilines is 1. The maximum absolute atomic E-state index is 10.9. The van der Waals surface area contributed by atoms with Crippen LogP contribution >= 0.6 is 0 Å². The molecule has 5 nitrogen and oxygen atoms in total. The molecule has 0 aromatic carbocycles. The molecular weight excluding hydrogens is 194 g/mol. The van der Waals surface area contributed by atoms with Gasteiger partial charge in [0.2, 0.25) is 0 Å². The highest BCUT2D eigenvalue weighted by atomic mass is 16.4. The van der Waals surface area contributed by atoms with Crippen LogP contribution in [0.3, 0.4) is 0 Å². The van der Waals surface area contributed by atoms with Crippen molar-refractivity contribution < 1.29 is 9.90 Å². The molecule has 4 N–H and O–H groups in total. The number of aromatic carboxylic acids is 1. The van der Waals surface area contributed by atoms with E-state index in [1.165, 1.54) is 6.42 Å². The minimum absolute atomic E-state index is 0.0967. The molecule has 15 heavy (non-hydrogen) atoms. The Morgan fingerprint density at radius 3 is 2.67 bits per heavy atom. The van der Waals surface area contributed by atoms with Crippen LogP contribution in [0.2, 0.25) is 0 Å². The molecule has 82 valence electrons. The highest BCUT2D eigenvalue weighted by Gasteiger charge is 2.24. The molecule has 0 radical (unpaired) electrons. The molecular formula is C10H15N3O2. The number of hydrogen-bond acceptors (Lipinski definition) is 3. The molecule has 0 saturated heterocycles. The molecule has 1 aromatic rings. The highest BCUT2D eigenvalue weighted by Crippen LogP contribution is 2.33. The number of aromatic amines is 1. The maximum Gasteiger partial charge on any atom is 0.356 e. The largest absolute Gasteiger partial charge is 0.476 e. The fourth-order valence-corrected chi connectivity index (χ4v) is 2.26. The van der Waals surface area contributed by atoms with Gasteiger partial charge in [-0.3, -0.25) is 0 Å². The summed E-state index contributed by atoms with van der Waals surface area (Å²) in [7, 11) is 0. The van der Waals surface area contributed by atoms with Crippen LogP contribution in [0.4, 0.5) is 5.95 Å². The molecule has 1 aromatic heterocycles. The van der Waals surface area contributed by atoms with E-state index >= 15 is 0 Å². The number of H-pyrrole nitrogens is 1. The molecule has 0 atom stereocenters. The first-order valence-corrected chi connectivity index (χ1v) is 5.27. The van der Waals surface area contributed by atoms with Crippen molar-refractivity contribution in [1.82, 2.24) is 9.97 Å². The molecule has 0 bridgehead atoms. The van der Waals surface area contributed by atoms with Crippen molar-refractivity contribution in [1.29, 1.82) is 0 Å². The van der Waals surface area contributed by atoms with Gasteiger partial charge in [-0.25, -0.2) is 9.78 Å². The lowest BCUT2D eigenvalue weighted by molar-refractivity contribution is 0.0689. The Morgan fingerprint density at radius 2 is 2.07 bits per heavy atom. The van der Waals surface area contributed by atoms with E-state index in [0.29, 0.717) is 5.69 Å². The molecule has 0 unspecified atom stereocenters. The molecule has 0 aliphatic heterocycles. The zero-order chi connectivity index (χ0) is 10.8. The van der Waals surface area contributed by atoms with Gasteiger partial charge in [0.05, 0.1) is 5.69 Å². The van der Waals surface area contributed by atoms with Crippen molar-refractivity contribution in [2.75, 3.05) is 5.73 Å². The maximum atomic E-state index is 10.9. The third kappa shape index (κ3) is 1.95. The Balaban J connectivity index is 2.28. The molecule has 2 rings (SSSR count). The van der Waals surface area contributed by atoms with E-state index < -0.39 is 5.97 Å². The standard InChI is InChI=1S/C10H15N3O2/c11-10-12-7(8(13-10)9(14)15)6-4-2-1-3-5-6/h6H,1-5H2,(H,14,15)(H3,11,12,13). The second-order valence-corrected chi connectivity index (χ2v) is 4.02. The SMILES string of the molecule is Nc1nc(C(=O)O)c(C2CCCCC2)[nH]1. The number of carboxylic acid groups (broad SMARTS) is 1. The molecule has 1 saturated carbocycles. The van der Waals surface area contributed by atoms with Gasteiger partial charge in [0.1, 0.15) is 0 Å². The number of hydrogen-bond donors (Lipinski definition) is 3. The second kappa shape index (κ2) is 3.92. The van der Waals surface area contributed by atoms with E-state index in [1.807, 2.05) is 0 Å². The molecule has 1 aliphatic rings. The van der Waals surface area contributed by atoms with Crippen LogP contribution in [0.1, 0.15) is 54.2 Å². The Morgan fingerprint density at radius 1 is 1.40 bits per heavy atom. The van der Waals surface area contributed by atoms with Gasteiger partial charge in [0.15, 0.2) is 11.6 Å². The number of carboxylic acids is 1. The van der Waals surface area contributed by atoms with E-state index in [0.717, 1.165) is 25.7 Å². The van der Waals surface area contributed by atoms with Crippen LogP contribution in [0.5, 0.6) is 0 Å². The summed E-state index contributed by atoms with van der Waals surface area (Å²) < 4.78 is 0. The van der Waals surface area contributed by atoms with Crippen molar-refractivity contribution in [3.63, 3.8) is 0 Å². The van der Waals surface area contributed by atoms with Gasteiger partial charge in [0.25, 0.3) is 0 Å². The third-order valence-corrected chi connectivity index (χ3v) is 2.97. The van der Waals surface area contributed by atoms with E-state index in [-0.39, 0.29) is 17.6 Å². The lowest BCUT2D eigenvalue weighted by atomic mass is 9.86. The van der Waals surface area contributed by atoms with E-state index in [4.69, 9.17) is 10.8 Å². The number of nitrogen functional groups attached to an aromatic ring is 1. The van der Waals surface area contributed by atoms with Crippen LogP contribution in [0, 0.1) is 0 Å². The van der Waals surface area contributed by atoms with Crippen molar-refractivity contribution in [3.8, 4) is 0 Å². The van der Waals surface area contributed by atoms with Crippen LogP contribution in [0.15, 0.2) is 0 Å². The number of nitrogens with zero attached hydrogens (tertiary/aromatic N) is 1. The summed E-state index contributed by atoms with van der Waals surface area (Å²) in [5, 5.41) is 8.97. The average molecular weight is 209 g/mol. The summed E-state index contributed by atoms with van der Waals surface area (Å²) in [5.74, 6) is -0.508. The Kier molecular flexibility index (Phi) is 2.62. The predicted molar refractivity (Wildman–Crippen MR) is 55.8 cm³/mol. The van der Waals surface area contributed by atoms with E-state index in [9.17, 15) is 4.79 Å². The number of aromatic nitrogens is 2. The lowest BCUT2D eigenvalue weighted by Crippen LogP contribution is -2.10. The summed E-state index contributed by atoms with van der Waals surface area (Å²) in [6.07, 6.45) is 5.61. The van der Waals surface area contributed by atoms with E-state index in [2.05, 4.69) is 9.97 Å². The lowest BCUT2D eigenvalue weighted by Gasteiger charge is -2.20. The van der Waals surface area contributed by atoms with Crippen LogP contribution in [-0.4, -0.2) is 21.0 Å². The smallest absolute Gasteiger partial charge is 0.356 e. The molecule has 1 fully saturated rings. The molecule has 0 spiro atoms. The summed E-state index contributed by atoms with van der Waals surface area (Å²) >= 11 is 0. The minimum Gasteiger partial charge on any atom is -0.476 e. The Labute approximate surface area is 87.7 Å². The third-order valence-electron chi connectivity index (χ3n) is 2.97. The molecule has 1 heterocycles. The van der Waals surface area contributed by atoms with Gasteiger partial charge in [-0.2, -0.15) is 0 Å². The van der Waals surface area contributed by atoms with Gasteiger partial charge in [-0.1, -0.05) is 19.3 Å². The van der Waals surface area contributed by atoms with Gasteiger partial charge in [-0.05, 0) is 12.8 Å². The number of carbonyl (C=O) groups is 1. The first kappa shape index (κ1) is 10.0. The number of nitrogens with two attached hydrogens (primary N) is 1. The van der Waals surface area contributed by atoms with E-state index in [1.54, 1.807) is 0 Å². The van der Waals surface area contributed by atoms with Crippen LogP contribution < -0.4 is 5.73 Å². The number of rotatable bonds is 2. The summed E-state index contributed by atoms with van der Waals surface area (Å²) in [6, 6.07) is 0. The summed E-state index contributed by atoms with van der Waals surface area (Å²) in [4.78, 5) is 17.6. The van der Waals surface area contributed by atoms with Gasteiger partial charge >= 0.3 is 5.97 Å². The van der Waals surface area contributed by atoms with Crippen molar-refractivity contribution in [2.45, 2.75) is 38.0 Å². The van der Waals surface area contributed by atoms with Crippen molar-refractivity contribution in [2.24, 2.45) is 0 Å². The molecule has 1 aliphatic carbocycles. The topological polar surface area (TPSA) is 92.0 Å². The van der Waals surface area contributed by atoms with Crippen molar-refractivity contribution in [3.05, 3.63) is 11.4 Å². The van der Waals surface area contributed by atoms with Gasteiger partial charge < -0.3 is 15.8 Å². The van der Waals surface area contributed by atoms with Gasteiger partial charge in [-0.15, -0.1) is 0 Å². The quantitative estimate of drug-likeness (QED) is 0.691. The highest BCUT2D eigenvalue weighted by molar-refractivity contribution is 5.87. The minimum atomic E-state index is -0.997. The van der Waals surface area contributed by atoms with Crippen molar-refractivity contribution >= 4 is 11.9 Å². The summed E-state index contributed by atoms with van der Waals surface area (Å²) in [5.41, 5.74) is 6.30. The predicted octanol–water partition coefficient (Wildman–Crippen LogP) is 1.74. The zero-order valence-corrected chi connectivity index (χ0v) is 8.49. The van der Waals surface area contributed by atoms with Crippen LogP contribution in [0.25, 0.3) is 0 Å². The first-order valence-electron chi connectivity index (χ1n) is 5.27. The first-order chi connectivity index (χ1) is 7.18. The number of nitrogens with one attached hydrogen (secondary N) is 1. The zero-order valence-electron chi connectivity index (χ0n) is 8.49. The summed E-state index contributed by atoms with van der Waals surface area (Å²) in [6.45, 7) is 0. The molecule has 0 amide bonds. The molecule has 5 heteroatoms. The van der Waals surface area contributed by atoms with Crippen LogP contribution in [-0.2, 0) is 0 Å². The Hall–Kier alpha value is -1.52. The normalized spacial score (nSPS) is 17.9. The second-order valence-electron chi connectivity index (χ2n) is 4.02. The Bertz CT molecular complexity index is 367. The monoisotopic (exact) mass is 209 g/mol. The number of imidazole rings is 1.